The lowest BCUT2D eigenvalue weighted by Gasteiger charge is -2.23. The van der Waals surface area contributed by atoms with Crippen molar-refractivity contribution in [3.05, 3.63) is 0 Å². The average molecular weight is 296 g/mol. The summed E-state index contributed by atoms with van der Waals surface area (Å²) in [5, 5.41) is 34.5. The van der Waals surface area contributed by atoms with Crippen LogP contribution in [-0.2, 0) is 19.2 Å². The molecule has 0 fully saturated rings. The van der Waals surface area contributed by atoms with E-state index in [-0.39, 0.29) is 13.1 Å². The Labute approximate surface area is 113 Å². The minimum Gasteiger partial charge on any atom is -0.480 e. The number of nitrogens with zero attached hydrogens (tertiary/aromatic N) is 2. The number of aliphatic carboxylic acids is 4. The van der Waals surface area contributed by atoms with Gasteiger partial charge < -0.3 is 20.4 Å². The Morgan fingerprint density at radius 1 is 0.550 bits per heavy atom. The zero-order valence-electron chi connectivity index (χ0n) is 10.6. The molecule has 0 rings (SSSR count). The van der Waals surface area contributed by atoms with Crippen molar-refractivity contribution >= 4 is 23.9 Å². The first kappa shape index (κ1) is 17.8. The molecule has 0 amide bonds. The zero-order valence-corrected chi connectivity index (χ0v) is 10.6. The Morgan fingerprint density at radius 2 is 0.750 bits per heavy atom. The van der Waals surface area contributed by atoms with Crippen LogP contribution in [-0.4, -0.2) is 93.4 Å². The van der Waals surface area contributed by atoms with Gasteiger partial charge in [-0.05, 0) is 0 Å². The molecule has 0 saturated heterocycles. The van der Waals surface area contributed by atoms with Crippen LogP contribution < -0.4 is 0 Å². The monoisotopic (exact) mass is 296 g/mol. The highest BCUT2D eigenvalue weighted by molar-refractivity contribution is 5.73. The summed E-state index contributed by atoms with van der Waals surface area (Å²) in [5.41, 5.74) is 0. The number of carboxylic acids is 4. The van der Waals surface area contributed by atoms with E-state index in [9.17, 15) is 19.2 Å². The van der Waals surface area contributed by atoms with Crippen LogP contribution in [0.1, 0.15) is 0 Å². The quantitative estimate of drug-likeness (QED) is 0.312. The molecule has 0 saturated carbocycles. The number of carbonyl (C=O) groups is 4. The van der Waals surface area contributed by atoms with Crippen molar-refractivity contribution < 1.29 is 39.6 Å². The molecule has 0 unspecified atom stereocenters. The van der Waals surface area contributed by atoms with E-state index in [2.05, 4.69) is 0 Å². The van der Waals surface area contributed by atoms with E-state index in [1.165, 1.54) is 0 Å². The van der Waals surface area contributed by atoms with Crippen LogP contribution in [0.25, 0.3) is 0 Å². The van der Waals surface area contributed by atoms with Crippen LogP contribution in [0.15, 0.2) is 0 Å². The zero-order chi connectivity index (χ0) is 15.7. The van der Waals surface area contributed by atoms with Gasteiger partial charge in [0.15, 0.2) is 0 Å². The Hall–Kier alpha value is -2.20. The lowest BCUT2D eigenvalue weighted by molar-refractivity contribution is -0.145. The fourth-order valence-corrected chi connectivity index (χ4v) is 1.48. The van der Waals surface area contributed by atoms with Crippen LogP contribution >= 0.6 is 0 Å². The molecule has 0 spiro atoms. The van der Waals surface area contributed by atoms with Gasteiger partial charge in [-0.15, -0.1) is 0 Å². The molecule has 0 heterocycles. The molecule has 10 heteroatoms. The Balaban J connectivity index is 4.49. The Bertz CT molecular complexity index is 315. The van der Waals surface area contributed by atoms with E-state index in [0.29, 0.717) is 0 Å². The molecular weight excluding hydrogens is 280 g/mol. The van der Waals surface area contributed by atoms with E-state index in [0.717, 1.165) is 9.80 Å². The molecule has 114 valence electrons. The van der Waals surface area contributed by atoms with Crippen molar-refractivity contribution in [2.24, 2.45) is 0 Å². The summed E-state index contributed by atoms with van der Waals surface area (Å²) in [4.78, 5) is 44.4. The first-order chi connectivity index (χ1) is 9.20. The third-order valence-electron chi connectivity index (χ3n) is 2.17. The molecule has 0 aromatic carbocycles. The van der Waals surface area contributed by atoms with Crippen LogP contribution in [0.4, 0.5) is 0 Å². The number of hydrogen-bond donors (Lipinski definition) is 4. The first-order valence-electron chi connectivity index (χ1n) is 5.52. The molecule has 0 aromatic heterocycles. The smallest absolute Gasteiger partial charge is 0.317 e. The number of carboxylic acid groups (broad SMARTS) is 4. The van der Waals surface area contributed by atoms with Gasteiger partial charge in [-0.2, -0.15) is 0 Å². The summed E-state index contributed by atoms with van der Waals surface area (Å²) in [6.45, 7) is -2.25. The van der Waals surface area contributed by atoms with Gasteiger partial charge in [0, 0.05) is 13.1 Å². The van der Waals surface area contributed by atoms with Gasteiger partial charge in [-0.25, -0.2) is 0 Å². The van der Waals surface area contributed by atoms with Gasteiger partial charge >= 0.3 is 23.9 Å². The number of rotatable bonds is 11. The predicted molar refractivity (Wildman–Crippen MR) is 63.4 cm³/mol. The maximum atomic E-state index is 10.6. The van der Waals surface area contributed by atoms with Gasteiger partial charge in [-0.3, -0.25) is 29.0 Å². The average Bonchev–Trinajstić information content (AvgIpc) is 2.22. The Morgan fingerprint density at radius 3 is 0.900 bits per heavy atom. The molecule has 0 aliphatic heterocycles. The van der Waals surface area contributed by atoms with E-state index in [1.54, 1.807) is 0 Å². The topological polar surface area (TPSA) is 156 Å². The molecule has 0 bridgehead atoms. The standard InChI is InChI=1S/C10H16N2O8/c13-7(14)3-11(4-8(15)16)1-2-12(5-9(17)18)6-10(19)20/h1-6H2,(H,13,14)(H,15,16)(H,17,18)(H,19,20)/i3+1,8+1,9+1,10+1. The maximum Gasteiger partial charge on any atom is 0.317 e. The second kappa shape index (κ2) is 8.82. The fraction of sp³-hybridized carbons (Fsp3) is 0.600. The molecule has 10 nitrogen and oxygen atoms in total. The van der Waals surface area contributed by atoms with Crippen molar-refractivity contribution in [1.29, 1.82) is 0 Å². The maximum absolute atomic E-state index is 10.6. The molecule has 0 aliphatic rings. The normalized spacial score (nSPS) is 10.7. The lowest BCUT2D eigenvalue weighted by Crippen LogP contribution is -2.43. The largest absolute Gasteiger partial charge is 0.480 e. The van der Waals surface area contributed by atoms with E-state index >= 15 is 0 Å². The summed E-state index contributed by atoms with van der Waals surface area (Å²) in [6.07, 6.45) is 0. The summed E-state index contributed by atoms with van der Waals surface area (Å²) in [7, 11) is 0. The third kappa shape index (κ3) is 9.79. The van der Waals surface area contributed by atoms with Gasteiger partial charge in [0.05, 0.1) is 26.2 Å². The van der Waals surface area contributed by atoms with Crippen LogP contribution in [0, 0.1) is 0 Å². The second-order valence-electron chi connectivity index (χ2n) is 4.00. The first-order valence-corrected chi connectivity index (χ1v) is 5.52. The minimum atomic E-state index is -1.23. The summed E-state index contributed by atoms with van der Waals surface area (Å²) in [5.74, 6) is -4.91. The minimum absolute atomic E-state index is 0.0703. The van der Waals surface area contributed by atoms with Crippen LogP contribution in [0.5, 0.6) is 0 Å². The van der Waals surface area contributed by atoms with E-state index < -0.39 is 50.1 Å². The molecule has 0 aliphatic carbocycles. The Kier molecular flexibility index (Phi) is 7.85. The molecule has 0 radical (unpaired) electrons. The van der Waals surface area contributed by atoms with Crippen molar-refractivity contribution in [2.75, 3.05) is 39.3 Å². The molecule has 4 N–H and O–H groups in total. The van der Waals surface area contributed by atoms with Gasteiger partial charge in [0.2, 0.25) is 0 Å². The molecule has 0 aromatic rings. The summed E-state index contributed by atoms with van der Waals surface area (Å²) >= 11 is 0. The summed E-state index contributed by atoms with van der Waals surface area (Å²) in [6, 6.07) is 0. The molecule has 20 heavy (non-hydrogen) atoms. The lowest BCUT2D eigenvalue weighted by atomic mass is 10.5. The SMILES string of the molecule is O=C(O)[13CH2]N(CCN(C[13C](=O)O)C[13C](=O)O)C[13C](=O)O. The second-order valence-corrected chi connectivity index (χ2v) is 4.00. The van der Waals surface area contributed by atoms with Crippen molar-refractivity contribution in [3.63, 3.8) is 0 Å². The van der Waals surface area contributed by atoms with Gasteiger partial charge in [0.1, 0.15) is 0 Å². The van der Waals surface area contributed by atoms with Gasteiger partial charge in [-0.1, -0.05) is 0 Å². The molecule has 0 atom stereocenters. The van der Waals surface area contributed by atoms with Gasteiger partial charge in [0.25, 0.3) is 0 Å². The highest BCUT2D eigenvalue weighted by atomic mass is 16.5. The van der Waals surface area contributed by atoms with Crippen molar-refractivity contribution in [2.45, 2.75) is 0 Å². The predicted octanol–water partition coefficient (Wildman–Crippen LogP) is -2.07. The number of hydrogen-bond acceptors (Lipinski definition) is 6. The third-order valence-corrected chi connectivity index (χ3v) is 2.17. The van der Waals surface area contributed by atoms with Crippen molar-refractivity contribution in [1.82, 2.24) is 9.80 Å². The van der Waals surface area contributed by atoms with E-state index in [4.69, 9.17) is 20.4 Å². The highest BCUT2D eigenvalue weighted by Crippen LogP contribution is 1.94. The summed E-state index contributed by atoms with van der Waals surface area (Å²) < 4.78 is 0. The highest BCUT2D eigenvalue weighted by Gasteiger charge is 2.17. The van der Waals surface area contributed by atoms with Crippen LogP contribution in [0.2, 0.25) is 0 Å². The van der Waals surface area contributed by atoms with Crippen molar-refractivity contribution in [3.8, 4) is 0 Å². The van der Waals surface area contributed by atoms with Crippen LogP contribution in [0.3, 0.4) is 0 Å². The fourth-order valence-electron chi connectivity index (χ4n) is 1.48. The van der Waals surface area contributed by atoms with E-state index in [1.807, 2.05) is 0 Å². The molecular formula is C10H16N2O8.